The van der Waals surface area contributed by atoms with Crippen molar-refractivity contribution in [3.8, 4) is 0 Å². The maximum atomic E-state index is 11.4. The van der Waals surface area contributed by atoms with Crippen LogP contribution in [-0.4, -0.2) is 5.78 Å². The SMILES string of the molecule is CC1C(=O)C=CC=C1/C=C/c1ccc(Cl)s1. The van der Waals surface area contributed by atoms with Crippen molar-refractivity contribution in [1.82, 2.24) is 0 Å². The van der Waals surface area contributed by atoms with E-state index >= 15 is 0 Å². The normalized spacial score (nSPS) is 20.5. The molecule has 82 valence electrons. The molecule has 0 radical (unpaired) electrons. The first-order valence-electron chi connectivity index (χ1n) is 5.02. The first-order chi connectivity index (χ1) is 7.66. The highest BCUT2D eigenvalue weighted by Crippen LogP contribution is 2.24. The van der Waals surface area contributed by atoms with Crippen LogP contribution in [0.1, 0.15) is 11.8 Å². The lowest BCUT2D eigenvalue weighted by Gasteiger charge is -2.11. The van der Waals surface area contributed by atoms with Gasteiger partial charge in [0, 0.05) is 10.8 Å². The predicted molar refractivity (Wildman–Crippen MR) is 69.8 cm³/mol. The second kappa shape index (κ2) is 4.81. The van der Waals surface area contributed by atoms with Gasteiger partial charge in [-0.2, -0.15) is 0 Å². The molecule has 1 aliphatic carbocycles. The molecule has 0 aromatic carbocycles. The fraction of sp³-hybridized carbons (Fsp3) is 0.154. The molecule has 0 aliphatic heterocycles. The Balaban J connectivity index is 2.15. The third-order valence-corrected chi connectivity index (χ3v) is 3.71. The maximum Gasteiger partial charge on any atom is 0.162 e. The molecule has 0 fully saturated rings. The van der Waals surface area contributed by atoms with Gasteiger partial charge in [0.05, 0.1) is 4.34 Å². The molecule has 1 aromatic heterocycles. The lowest BCUT2D eigenvalue weighted by Crippen LogP contribution is -2.11. The van der Waals surface area contributed by atoms with Crippen molar-refractivity contribution in [3.05, 3.63) is 51.2 Å². The van der Waals surface area contributed by atoms with E-state index in [2.05, 4.69) is 0 Å². The summed E-state index contributed by atoms with van der Waals surface area (Å²) in [7, 11) is 0. The summed E-state index contributed by atoms with van der Waals surface area (Å²) in [5, 5.41) is 0. The molecule has 2 rings (SSSR count). The molecule has 16 heavy (non-hydrogen) atoms. The van der Waals surface area contributed by atoms with E-state index in [0.29, 0.717) is 0 Å². The number of hydrogen-bond acceptors (Lipinski definition) is 2. The first kappa shape index (κ1) is 11.4. The third-order valence-electron chi connectivity index (χ3n) is 2.51. The average Bonchev–Trinajstić information content (AvgIpc) is 2.67. The van der Waals surface area contributed by atoms with Crippen LogP contribution in [0.4, 0.5) is 0 Å². The van der Waals surface area contributed by atoms with E-state index < -0.39 is 0 Å². The van der Waals surface area contributed by atoms with Gasteiger partial charge in [0.2, 0.25) is 0 Å². The van der Waals surface area contributed by atoms with Gasteiger partial charge in [-0.25, -0.2) is 0 Å². The Morgan fingerprint density at radius 1 is 1.38 bits per heavy atom. The number of carbonyl (C=O) groups is 1. The van der Waals surface area contributed by atoms with Crippen LogP contribution in [0.2, 0.25) is 4.34 Å². The van der Waals surface area contributed by atoms with Gasteiger partial charge in [-0.05, 0) is 29.9 Å². The molecule has 0 bridgehead atoms. The van der Waals surface area contributed by atoms with Crippen LogP contribution >= 0.6 is 22.9 Å². The number of halogens is 1. The molecule has 0 N–H and O–H groups in total. The summed E-state index contributed by atoms with van der Waals surface area (Å²) in [5.41, 5.74) is 1.04. The minimum absolute atomic E-state index is 0.0447. The Hall–Kier alpha value is -1.12. The molecule has 0 amide bonds. The van der Waals surface area contributed by atoms with Gasteiger partial charge in [0.25, 0.3) is 0 Å². The van der Waals surface area contributed by atoms with Gasteiger partial charge in [-0.15, -0.1) is 11.3 Å². The van der Waals surface area contributed by atoms with Crippen molar-refractivity contribution in [2.45, 2.75) is 6.92 Å². The predicted octanol–water partition coefficient (Wildman–Crippen LogP) is 4.12. The van der Waals surface area contributed by atoms with Crippen molar-refractivity contribution in [2.24, 2.45) is 5.92 Å². The summed E-state index contributed by atoms with van der Waals surface area (Å²) in [6, 6.07) is 3.84. The van der Waals surface area contributed by atoms with Crippen LogP contribution in [0.25, 0.3) is 6.08 Å². The average molecular weight is 251 g/mol. The lowest BCUT2D eigenvalue weighted by atomic mass is 9.92. The van der Waals surface area contributed by atoms with Crippen LogP contribution in [0.15, 0.2) is 42.0 Å². The van der Waals surface area contributed by atoms with Crippen molar-refractivity contribution < 1.29 is 4.79 Å². The van der Waals surface area contributed by atoms with Crippen LogP contribution in [0.3, 0.4) is 0 Å². The molecule has 0 saturated heterocycles. The van der Waals surface area contributed by atoms with Gasteiger partial charge in [-0.1, -0.05) is 36.8 Å². The van der Waals surface area contributed by atoms with E-state index in [-0.39, 0.29) is 11.7 Å². The number of carbonyl (C=O) groups excluding carboxylic acids is 1. The smallest absolute Gasteiger partial charge is 0.162 e. The van der Waals surface area contributed by atoms with E-state index in [9.17, 15) is 4.79 Å². The van der Waals surface area contributed by atoms with Crippen molar-refractivity contribution in [2.75, 3.05) is 0 Å². The molecule has 1 nitrogen and oxygen atoms in total. The minimum Gasteiger partial charge on any atom is -0.294 e. The van der Waals surface area contributed by atoms with Crippen LogP contribution in [0, 0.1) is 5.92 Å². The van der Waals surface area contributed by atoms with Gasteiger partial charge in [-0.3, -0.25) is 4.79 Å². The fourth-order valence-electron chi connectivity index (χ4n) is 1.50. The highest BCUT2D eigenvalue weighted by atomic mass is 35.5. The molecule has 0 spiro atoms. The minimum atomic E-state index is -0.0447. The summed E-state index contributed by atoms with van der Waals surface area (Å²) in [6.07, 6.45) is 9.35. The van der Waals surface area contributed by atoms with Crippen molar-refractivity contribution in [3.63, 3.8) is 0 Å². The van der Waals surface area contributed by atoms with E-state index in [0.717, 1.165) is 14.8 Å². The highest BCUT2D eigenvalue weighted by molar-refractivity contribution is 7.16. The molecular formula is C13H11ClOS. The zero-order chi connectivity index (χ0) is 11.5. The Kier molecular flexibility index (Phi) is 3.42. The van der Waals surface area contributed by atoms with Gasteiger partial charge in [0.15, 0.2) is 5.78 Å². The second-order valence-corrected chi connectivity index (χ2v) is 5.37. The van der Waals surface area contributed by atoms with E-state index in [4.69, 9.17) is 11.6 Å². The number of allylic oxidation sites excluding steroid dienone is 5. The van der Waals surface area contributed by atoms with Crippen LogP contribution < -0.4 is 0 Å². The Bertz CT molecular complexity index is 494. The summed E-state index contributed by atoms with van der Waals surface area (Å²) in [4.78, 5) is 12.5. The largest absolute Gasteiger partial charge is 0.294 e. The standard InChI is InChI=1S/C13H11ClOS/c1-9-10(3-2-4-12(9)15)5-6-11-7-8-13(14)16-11/h2-9H,1H3/b6-5+. The van der Waals surface area contributed by atoms with Gasteiger partial charge in [0.1, 0.15) is 0 Å². The van der Waals surface area contributed by atoms with E-state index in [1.807, 2.05) is 37.3 Å². The van der Waals surface area contributed by atoms with Crippen LogP contribution in [0.5, 0.6) is 0 Å². The van der Waals surface area contributed by atoms with E-state index in [1.165, 1.54) is 11.3 Å². The molecule has 3 heteroatoms. The van der Waals surface area contributed by atoms with Crippen molar-refractivity contribution >= 4 is 34.8 Å². The first-order valence-corrected chi connectivity index (χ1v) is 6.22. The molecule has 1 atom stereocenters. The molecule has 1 unspecified atom stereocenters. The highest BCUT2D eigenvalue weighted by Gasteiger charge is 2.15. The molecule has 1 heterocycles. The summed E-state index contributed by atoms with van der Waals surface area (Å²) in [5.74, 6) is 0.114. The topological polar surface area (TPSA) is 17.1 Å². The molecular weight excluding hydrogens is 240 g/mol. The maximum absolute atomic E-state index is 11.4. The Morgan fingerprint density at radius 3 is 2.88 bits per heavy atom. The van der Waals surface area contributed by atoms with Gasteiger partial charge < -0.3 is 0 Å². The summed E-state index contributed by atoms with van der Waals surface area (Å²) >= 11 is 7.37. The molecule has 1 aliphatic rings. The monoisotopic (exact) mass is 250 g/mol. The van der Waals surface area contributed by atoms with Crippen molar-refractivity contribution in [1.29, 1.82) is 0 Å². The Labute approximate surface area is 104 Å². The van der Waals surface area contributed by atoms with E-state index in [1.54, 1.807) is 12.2 Å². The number of ketones is 1. The zero-order valence-corrected chi connectivity index (χ0v) is 10.4. The zero-order valence-electron chi connectivity index (χ0n) is 8.81. The second-order valence-electron chi connectivity index (χ2n) is 3.63. The third kappa shape index (κ3) is 2.52. The number of rotatable bonds is 2. The van der Waals surface area contributed by atoms with Crippen LogP contribution in [-0.2, 0) is 4.79 Å². The number of thiophene rings is 1. The summed E-state index contributed by atoms with van der Waals surface area (Å²) in [6.45, 7) is 1.92. The van der Waals surface area contributed by atoms with Gasteiger partial charge >= 0.3 is 0 Å². The fourth-order valence-corrected chi connectivity index (χ4v) is 2.47. The molecule has 1 aromatic rings. The lowest BCUT2D eigenvalue weighted by molar-refractivity contribution is -0.116. The quantitative estimate of drug-likeness (QED) is 0.772. The molecule has 0 saturated carbocycles. The summed E-state index contributed by atoms with van der Waals surface area (Å²) < 4.78 is 0.779. The Morgan fingerprint density at radius 2 is 2.19 bits per heavy atom. The number of hydrogen-bond donors (Lipinski definition) is 0.